The molecule has 0 spiro atoms. The predicted octanol–water partition coefficient (Wildman–Crippen LogP) is 4.21. The molecule has 19 nitrogen and oxygen atoms in total. The zero-order chi connectivity index (χ0) is 34.3. The minimum atomic E-state index is -5.10. The van der Waals surface area contributed by atoms with Gasteiger partial charge < -0.3 is 26.0 Å². The van der Waals surface area contributed by atoms with E-state index in [1.807, 2.05) is 0 Å². The molecule has 1 heterocycles. The van der Waals surface area contributed by atoms with Crippen LogP contribution in [0.4, 0.5) is 34.6 Å². The molecule has 5 rings (SSSR count). The number of non-ortho nitro benzene ring substituents is 1. The SMILES string of the molecule is O=[N+]([O-])c1ccc2c(N=Nc3c(S(=O)(=O)O)cc4cc(Nc5nc(Cl)nc(NCCO)n5)ccc4c3O)c(O)cc(S(=O)(=O)O)c2c1. The van der Waals surface area contributed by atoms with E-state index in [2.05, 4.69) is 35.8 Å². The number of nitro groups is 1. The number of azo groups is 1. The zero-order valence-electron chi connectivity index (χ0n) is 23.1. The van der Waals surface area contributed by atoms with Crippen LogP contribution in [0.2, 0.25) is 5.28 Å². The highest BCUT2D eigenvalue weighted by Crippen LogP contribution is 2.45. The van der Waals surface area contributed by atoms with E-state index in [1.54, 1.807) is 0 Å². The van der Waals surface area contributed by atoms with Crippen LogP contribution in [0.5, 0.6) is 11.5 Å². The summed E-state index contributed by atoms with van der Waals surface area (Å²) < 4.78 is 68.3. The molecule has 0 amide bonds. The third kappa shape index (κ3) is 6.94. The Morgan fingerprint density at radius 2 is 1.49 bits per heavy atom. The highest BCUT2D eigenvalue weighted by Gasteiger charge is 2.25. The number of phenols is 2. The molecule has 0 atom stereocenters. The van der Waals surface area contributed by atoms with Gasteiger partial charge in [-0.2, -0.15) is 31.8 Å². The van der Waals surface area contributed by atoms with Crippen molar-refractivity contribution in [2.75, 3.05) is 23.8 Å². The van der Waals surface area contributed by atoms with E-state index in [9.17, 15) is 46.3 Å². The number of aromatic nitrogens is 3. The summed E-state index contributed by atoms with van der Waals surface area (Å²) in [5.41, 5.74) is -1.60. The first-order valence-corrected chi connectivity index (χ1v) is 16.0. The summed E-state index contributed by atoms with van der Waals surface area (Å²) >= 11 is 5.93. The van der Waals surface area contributed by atoms with E-state index in [1.165, 1.54) is 18.2 Å². The molecule has 0 unspecified atom stereocenters. The Labute approximate surface area is 267 Å². The maximum absolute atomic E-state index is 12.4. The van der Waals surface area contributed by atoms with Gasteiger partial charge in [0, 0.05) is 46.6 Å². The number of hydrogen-bond acceptors (Lipinski definition) is 16. The number of aliphatic hydroxyl groups excluding tert-OH is 1. The van der Waals surface area contributed by atoms with Crippen LogP contribution in [0.25, 0.3) is 21.5 Å². The standard InChI is InChI=1S/C25H19ClN8O11S2/c26-23-29-24(27-5-6-35)31-25(30-23)28-12-1-3-14-11(7-12)8-19(47(43,44)45)21(22(14)37)33-32-20-15-4-2-13(34(38)39)9-16(15)18(10-17(20)36)46(40,41)42/h1-4,7-10,35-37H,5-6H2,(H,40,41,42)(H,43,44,45)(H2,27,28,29,30,31). The number of aliphatic hydroxyl groups is 1. The van der Waals surface area contributed by atoms with Crippen molar-refractivity contribution in [3.63, 3.8) is 0 Å². The molecule has 5 aromatic rings. The van der Waals surface area contributed by atoms with Gasteiger partial charge >= 0.3 is 0 Å². The molecule has 1 aromatic heterocycles. The molecule has 0 aliphatic rings. The van der Waals surface area contributed by atoms with E-state index in [-0.39, 0.29) is 52.2 Å². The van der Waals surface area contributed by atoms with E-state index < -0.39 is 68.9 Å². The molecule has 47 heavy (non-hydrogen) atoms. The van der Waals surface area contributed by atoms with Crippen molar-refractivity contribution >= 4 is 88.0 Å². The molecule has 0 radical (unpaired) electrons. The number of rotatable bonds is 10. The summed E-state index contributed by atoms with van der Waals surface area (Å²) in [7, 11) is -10.1. The first kappa shape index (κ1) is 33.1. The number of nitrogens with one attached hydrogen (secondary N) is 2. The fourth-order valence-electron chi connectivity index (χ4n) is 4.39. The molecule has 0 aliphatic carbocycles. The largest absolute Gasteiger partial charge is 0.506 e. The number of benzene rings is 4. The number of aromatic hydroxyl groups is 2. The second-order valence-electron chi connectivity index (χ2n) is 9.41. The number of hydrogen-bond donors (Lipinski definition) is 7. The molecule has 0 saturated heterocycles. The van der Waals surface area contributed by atoms with Crippen molar-refractivity contribution in [1.29, 1.82) is 0 Å². The molecule has 4 aromatic carbocycles. The predicted molar refractivity (Wildman–Crippen MR) is 165 cm³/mol. The van der Waals surface area contributed by atoms with Gasteiger partial charge in [0.2, 0.25) is 17.2 Å². The average molecular weight is 707 g/mol. The first-order chi connectivity index (χ1) is 22.1. The third-order valence-corrected chi connectivity index (χ3v) is 8.29. The van der Waals surface area contributed by atoms with Gasteiger partial charge in [-0.1, -0.05) is 0 Å². The van der Waals surface area contributed by atoms with Crippen molar-refractivity contribution in [3.05, 3.63) is 63.9 Å². The molecular weight excluding hydrogens is 688 g/mol. The summed E-state index contributed by atoms with van der Waals surface area (Å²) in [6.07, 6.45) is 0. The van der Waals surface area contributed by atoms with Gasteiger partial charge in [0.05, 0.1) is 11.5 Å². The van der Waals surface area contributed by atoms with Crippen molar-refractivity contribution in [2.45, 2.75) is 9.79 Å². The number of nitro benzene ring substituents is 1. The van der Waals surface area contributed by atoms with Gasteiger partial charge in [-0.3, -0.25) is 19.2 Å². The van der Waals surface area contributed by atoms with E-state index in [0.717, 1.165) is 24.3 Å². The molecule has 244 valence electrons. The van der Waals surface area contributed by atoms with Gasteiger partial charge in [0.15, 0.2) is 5.75 Å². The number of anilines is 3. The van der Waals surface area contributed by atoms with Crippen LogP contribution >= 0.6 is 11.6 Å². The van der Waals surface area contributed by atoms with Crippen LogP contribution in [-0.2, 0) is 20.2 Å². The summed E-state index contributed by atoms with van der Waals surface area (Å²) in [5.74, 6) is -1.65. The Kier molecular flexibility index (Phi) is 8.77. The first-order valence-electron chi connectivity index (χ1n) is 12.7. The van der Waals surface area contributed by atoms with Crippen molar-refractivity contribution < 1.29 is 46.2 Å². The minimum Gasteiger partial charge on any atom is -0.506 e. The van der Waals surface area contributed by atoms with Gasteiger partial charge in [-0.25, -0.2) is 0 Å². The summed E-state index contributed by atoms with van der Waals surface area (Å²) in [4.78, 5) is 20.5. The summed E-state index contributed by atoms with van der Waals surface area (Å²) in [6, 6.07) is 8.44. The third-order valence-electron chi connectivity index (χ3n) is 6.36. The van der Waals surface area contributed by atoms with Crippen LogP contribution in [0, 0.1) is 10.1 Å². The Balaban J connectivity index is 1.62. The quantitative estimate of drug-likeness (QED) is 0.0463. The van der Waals surface area contributed by atoms with Crippen LogP contribution in [0.15, 0.2) is 68.6 Å². The van der Waals surface area contributed by atoms with Gasteiger partial charge in [-0.15, -0.1) is 10.2 Å². The Hall–Kier alpha value is -5.32. The lowest BCUT2D eigenvalue weighted by Gasteiger charge is -2.12. The van der Waals surface area contributed by atoms with Crippen LogP contribution < -0.4 is 10.6 Å². The highest BCUT2D eigenvalue weighted by atomic mass is 35.5. The second kappa shape index (κ2) is 12.5. The molecule has 22 heteroatoms. The smallest absolute Gasteiger partial charge is 0.296 e. The van der Waals surface area contributed by atoms with Gasteiger partial charge in [0.1, 0.15) is 26.9 Å². The normalized spacial score (nSPS) is 12.2. The molecule has 0 saturated carbocycles. The molecule has 0 aliphatic heterocycles. The van der Waals surface area contributed by atoms with Gasteiger partial charge in [-0.05, 0) is 47.3 Å². The maximum Gasteiger partial charge on any atom is 0.296 e. The second-order valence-corrected chi connectivity index (χ2v) is 12.5. The Morgan fingerprint density at radius 1 is 0.830 bits per heavy atom. The molecule has 7 N–H and O–H groups in total. The zero-order valence-corrected chi connectivity index (χ0v) is 25.5. The number of fused-ring (bicyclic) bond motifs is 2. The topological polar surface area (TPSA) is 300 Å². The Morgan fingerprint density at radius 3 is 2.15 bits per heavy atom. The summed E-state index contributed by atoms with van der Waals surface area (Å²) in [5, 5.41) is 54.2. The lowest BCUT2D eigenvalue weighted by atomic mass is 10.1. The molecule has 0 fully saturated rings. The number of phenolic OH excluding ortho intramolecular Hbond substituents is 2. The fourth-order valence-corrected chi connectivity index (χ4v) is 5.91. The van der Waals surface area contributed by atoms with Gasteiger partial charge in [0.25, 0.3) is 25.9 Å². The molecular formula is C25H19ClN8O11S2. The van der Waals surface area contributed by atoms with Crippen molar-refractivity contribution in [3.8, 4) is 11.5 Å². The monoisotopic (exact) mass is 706 g/mol. The van der Waals surface area contributed by atoms with Crippen LogP contribution in [0.1, 0.15) is 0 Å². The van der Waals surface area contributed by atoms with E-state index in [0.29, 0.717) is 6.07 Å². The number of halogens is 1. The Bertz CT molecular complexity index is 2360. The minimum absolute atomic E-state index is 0.0160. The van der Waals surface area contributed by atoms with E-state index >= 15 is 0 Å². The fraction of sp³-hybridized carbons (Fsp3) is 0.0800. The van der Waals surface area contributed by atoms with Crippen LogP contribution in [-0.4, -0.2) is 74.3 Å². The lowest BCUT2D eigenvalue weighted by Crippen LogP contribution is -2.10. The number of nitrogens with zero attached hydrogens (tertiary/aromatic N) is 6. The van der Waals surface area contributed by atoms with Crippen molar-refractivity contribution in [1.82, 2.24) is 15.0 Å². The van der Waals surface area contributed by atoms with Crippen LogP contribution in [0.3, 0.4) is 0 Å². The summed E-state index contributed by atoms with van der Waals surface area (Å²) in [6.45, 7) is -0.0812. The average Bonchev–Trinajstić information content (AvgIpc) is 2.98. The lowest BCUT2D eigenvalue weighted by molar-refractivity contribution is -0.384. The molecule has 0 bridgehead atoms. The van der Waals surface area contributed by atoms with Crippen molar-refractivity contribution in [2.24, 2.45) is 10.2 Å². The highest BCUT2D eigenvalue weighted by molar-refractivity contribution is 7.86. The maximum atomic E-state index is 12.4. The van der Waals surface area contributed by atoms with E-state index in [4.69, 9.17) is 16.7 Å².